The maximum Gasteiger partial charge on any atom is 0.141 e. The zero-order valence-corrected chi connectivity index (χ0v) is 10.9. The number of aliphatic hydroxyl groups excluding tert-OH is 1. The largest absolute Gasteiger partial charge is 0.392 e. The third-order valence-corrected chi connectivity index (χ3v) is 3.50. The van der Waals surface area contributed by atoms with Gasteiger partial charge < -0.3 is 5.11 Å². The van der Waals surface area contributed by atoms with Gasteiger partial charge in [-0.1, -0.05) is 6.92 Å². The van der Waals surface area contributed by atoms with Gasteiger partial charge in [0, 0.05) is 12.6 Å². The van der Waals surface area contributed by atoms with Crippen molar-refractivity contribution in [2.45, 2.75) is 45.9 Å². The molecule has 2 rings (SSSR count). The lowest BCUT2D eigenvalue weighted by atomic mass is 9.96. The average molecular weight is 238 g/mol. The molecule has 5 heteroatoms. The van der Waals surface area contributed by atoms with E-state index < -0.39 is 0 Å². The normalized spacial score (nSPS) is 26.6. The summed E-state index contributed by atoms with van der Waals surface area (Å²) in [4.78, 5) is 6.56. The molecular weight excluding hydrogens is 216 g/mol. The molecule has 17 heavy (non-hydrogen) atoms. The van der Waals surface area contributed by atoms with Gasteiger partial charge in [-0.2, -0.15) is 5.10 Å². The summed E-state index contributed by atoms with van der Waals surface area (Å²) in [6.07, 6.45) is 2.45. The minimum Gasteiger partial charge on any atom is -0.392 e. The maximum atomic E-state index is 9.87. The highest BCUT2D eigenvalue weighted by molar-refractivity contribution is 4.89. The Bertz CT molecular complexity index is 363. The Labute approximate surface area is 102 Å². The van der Waals surface area contributed by atoms with E-state index in [0.29, 0.717) is 12.0 Å². The van der Waals surface area contributed by atoms with E-state index in [4.69, 9.17) is 0 Å². The van der Waals surface area contributed by atoms with Crippen LogP contribution in [0.3, 0.4) is 0 Å². The molecule has 0 saturated carbocycles. The molecule has 1 aliphatic heterocycles. The molecule has 2 unspecified atom stereocenters. The number of likely N-dealkylation sites (tertiary alicyclic amines) is 1. The fourth-order valence-electron chi connectivity index (χ4n) is 2.28. The van der Waals surface area contributed by atoms with Crippen molar-refractivity contribution >= 4 is 0 Å². The van der Waals surface area contributed by atoms with Crippen LogP contribution in [0.1, 0.15) is 39.1 Å². The molecule has 2 heterocycles. The van der Waals surface area contributed by atoms with Gasteiger partial charge in [-0.15, -0.1) is 0 Å². The van der Waals surface area contributed by atoms with Crippen molar-refractivity contribution in [1.82, 2.24) is 19.7 Å². The van der Waals surface area contributed by atoms with Gasteiger partial charge in [-0.3, -0.25) is 4.90 Å². The van der Waals surface area contributed by atoms with Crippen LogP contribution in [-0.4, -0.2) is 44.0 Å². The monoisotopic (exact) mass is 238 g/mol. The van der Waals surface area contributed by atoms with E-state index in [9.17, 15) is 5.11 Å². The second-order valence-electron chi connectivity index (χ2n) is 5.28. The average Bonchev–Trinajstić information content (AvgIpc) is 2.72. The molecule has 1 aliphatic rings. The Morgan fingerprint density at radius 3 is 2.94 bits per heavy atom. The minimum atomic E-state index is -0.209. The van der Waals surface area contributed by atoms with Crippen LogP contribution in [0.4, 0.5) is 0 Å². The molecule has 0 aromatic carbocycles. The third kappa shape index (κ3) is 2.84. The zero-order chi connectivity index (χ0) is 12.4. The number of hydrogen-bond acceptors (Lipinski definition) is 4. The van der Waals surface area contributed by atoms with Gasteiger partial charge in [0.15, 0.2) is 0 Å². The van der Waals surface area contributed by atoms with Crippen LogP contribution in [0.15, 0.2) is 6.33 Å². The van der Waals surface area contributed by atoms with E-state index in [1.165, 1.54) is 0 Å². The van der Waals surface area contributed by atoms with E-state index in [0.717, 1.165) is 31.9 Å². The Morgan fingerprint density at radius 1 is 1.53 bits per heavy atom. The summed E-state index contributed by atoms with van der Waals surface area (Å²) in [5, 5.41) is 14.1. The molecule has 0 amide bonds. The van der Waals surface area contributed by atoms with Crippen LogP contribution in [0.2, 0.25) is 0 Å². The van der Waals surface area contributed by atoms with Gasteiger partial charge in [0.25, 0.3) is 0 Å². The fraction of sp³-hybridized carbons (Fsp3) is 0.833. The van der Waals surface area contributed by atoms with Gasteiger partial charge in [0.05, 0.1) is 12.6 Å². The number of aliphatic hydroxyl groups is 1. The lowest BCUT2D eigenvalue weighted by molar-refractivity contribution is 0.0242. The first kappa shape index (κ1) is 12.5. The lowest BCUT2D eigenvalue weighted by Gasteiger charge is -2.33. The molecule has 1 saturated heterocycles. The second kappa shape index (κ2) is 5.14. The third-order valence-electron chi connectivity index (χ3n) is 3.50. The standard InChI is InChI=1S/C12H22N4O/c1-9(2)16-12(13-8-14-16)7-15-5-4-10(3)11(17)6-15/h8-11,17H,4-7H2,1-3H3. The number of rotatable bonds is 3. The number of hydrogen-bond donors (Lipinski definition) is 1. The van der Waals surface area contributed by atoms with Crippen molar-refractivity contribution in [2.75, 3.05) is 13.1 Å². The van der Waals surface area contributed by atoms with Crippen LogP contribution in [0.5, 0.6) is 0 Å². The topological polar surface area (TPSA) is 54.2 Å². The first-order valence-corrected chi connectivity index (χ1v) is 6.36. The highest BCUT2D eigenvalue weighted by atomic mass is 16.3. The van der Waals surface area contributed by atoms with Gasteiger partial charge in [0.1, 0.15) is 12.2 Å². The van der Waals surface area contributed by atoms with Crippen LogP contribution in [0, 0.1) is 5.92 Å². The molecule has 1 N–H and O–H groups in total. The van der Waals surface area contributed by atoms with E-state index >= 15 is 0 Å². The number of aromatic nitrogens is 3. The van der Waals surface area contributed by atoms with Crippen molar-refractivity contribution in [3.63, 3.8) is 0 Å². The van der Waals surface area contributed by atoms with Gasteiger partial charge in [-0.25, -0.2) is 9.67 Å². The predicted molar refractivity (Wildman–Crippen MR) is 65.5 cm³/mol. The summed E-state index contributed by atoms with van der Waals surface area (Å²) in [5.74, 6) is 1.40. The summed E-state index contributed by atoms with van der Waals surface area (Å²) < 4.78 is 1.95. The highest BCUT2D eigenvalue weighted by Gasteiger charge is 2.25. The lowest BCUT2D eigenvalue weighted by Crippen LogP contribution is -2.42. The zero-order valence-electron chi connectivity index (χ0n) is 10.9. The van der Waals surface area contributed by atoms with Gasteiger partial charge in [-0.05, 0) is 32.7 Å². The highest BCUT2D eigenvalue weighted by Crippen LogP contribution is 2.18. The predicted octanol–water partition coefficient (Wildman–Crippen LogP) is 1.06. The van der Waals surface area contributed by atoms with Crippen LogP contribution >= 0.6 is 0 Å². The number of nitrogens with zero attached hydrogens (tertiary/aromatic N) is 4. The Hall–Kier alpha value is -0.940. The van der Waals surface area contributed by atoms with Crippen LogP contribution < -0.4 is 0 Å². The van der Waals surface area contributed by atoms with E-state index in [1.54, 1.807) is 6.33 Å². The molecule has 1 aromatic heterocycles. The van der Waals surface area contributed by atoms with Crippen molar-refractivity contribution < 1.29 is 5.11 Å². The van der Waals surface area contributed by atoms with Crippen LogP contribution in [0.25, 0.3) is 0 Å². The molecular formula is C12H22N4O. The fourth-order valence-corrected chi connectivity index (χ4v) is 2.28. The second-order valence-corrected chi connectivity index (χ2v) is 5.28. The smallest absolute Gasteiger partial charge is 0.141 e. The Kier molecular flexibility index (Phi) is 3.79. The van der Waals surface area contributed by atoms with E-state index in [-0.39, 0.29) is 6.10 Å². The summed E-state index contributed by atoms with van der Waals surface area (Å²) in [7, 11) is 0. The van der Waals surface area contributed by atoms with Crippen molar-refractivity contribution in [1.29, 1.82) is 0 Å². The summed E-state index contributed by atoms with van der Waals surface area (Å²) >= 11 is 0. The van der Waals surface area contributed by atoms with Crippen molar-refractivity contribution in [3.05, 3.63) is 12.2 Å². The van der Waals surface area contributed by atoms with Gasteiger partial charge in [0.2, 0.25) is 0 Å². The maximum absolute atomic E-state index is 9.87. The van der Waals surface area contributed by atoms with E-state index in [1.807, 2.05) is 4.68 Å². The van der Waals surface area contributed by atoms with Crippen LogP contribution in [-0.2, 0) is 6.54 Å². The minimum absolute atomic E-state index is 0.209. The molecule has 96 valence electrons. The number of β-amino-alcohol motifs (C(OH)–C–C–N with tert-alkyl or cyclic N) is 1. The van der Waals surface area contributed by atoms with E-state index in [2.05, 4.69) is 35.8 Å². The molecule has 2 atom stereocenters. The first-order valence-electron chi connectivity index (χ1n) is 6.36. The molecule has 0 radical (unpaired) electrons. The molecule has 0 bridgehead atoms. The van der Waals surface area contributed by atoms with Crippen molar-refractivity contribution in [2.24, 2.45) is 5.92 Å². The summed E-state index contributed by atoms with van der Waals surface area (Å²) in [6, 6.07) is 0.334. The SMILES string of the molecule is CC1CCN(Cc2ncnn2C(C)C)CC1O. The van der Waals surface area contributed by atoms with Crippen molar-refractivity contribution in [3.8, 4) is 0 Å². The Morgan fingerprint density at radius 2 is 2.29 bits per heavy atom. The number of piperidine rings is 1. The first-order chi connectivity index (χ1) is 8.08. The molecule has 1 fully saturated rings. The Balaban J connectivity index is 1.99. The quantitative estimate of drug-likeness (QED) is 0.855. The molecule has 0 spiro atoms. The molecule has 0 aliphatic carbocycles. The molecule has 5 nitrogen and oxygen atoms in total. The summed E-state index contributed by atoms with van der Waals surface area (Å²) in [5.41, 5.74) is 0. The summed E-state index contributed by atoms with van der Waals surface area (Å²) in [6.45, 7) is 8.87. The molecule has 1 aromatic rings. The van der Waals surface area contributed by atoms with Gasteiger partial charge >= 0.3 is 0 Å².